The van der Waals surface area contributed by atoms with Gasteiger partial charge in [0, 0.05) is 23.9 Å². The molecule has 1 aromatic rings. The smallest absolute Gasteiger partial charge is 0.283 e. The van der Waals surface area contributed by atoms with Crippen LogP contribution in [0.15, 0.2) is 38.7 Å². The molecule has 1 aromatic carbocycles. The maximum Gasteiger partial charge on any atom is 0.283 e. The third-order valence-electron chi connectivity index (χ3n) is 3.21. The normalized spacial score (nSPS) is 17.3. The van der Waals surface area contributed by atoms with Crippen molar-refractivity contribution >= 4 is 28.3 Å². The number of nitrogen functional groups attached to an aromatic ring is 1. The topological polar surface area (TPSA) is 91.4 Å². The van der Waals surface area contributed by atoms with Crippen LogP contribution in [-0.2, 0) is 10.0 Å². The molecular weight excluding hydrogens is 302 g/mol. The molecule has 7 nitrogen and oxygen atoms in total. The zero-order valence-electron chi connectivity index (χ0n) is 13.0. The number of rotatable bonds is 5. The van der Waals surface area contributed by atoms with Gasteiger partial charge in [-0.25, -0.2) is 5.12 Å². The van der Waals surface area contributed by atoms with Gasteiger partial charge < -0.3 is 5.73 Å². The van der Waals surface area contributed by atoms with Crippen molar-refractivity contribution in [3.8, 4) is 0 Å². The van der Waals surface area contributed by atoms with E-state index in [9.17, 15) is 8.42 Å². The summed E-state index contributed by atoms with van der Waals surface area (Å²) < 4.78 is 28.1. The van der Waals surface area contributed by atoms with Gasteiger partial charge in [0.15, 0.2) is 0 Å². The second-order valence-electron chi connectivity index (χ2n) is 5.78. The van der Waals surface area contributed by atoms with Crippen molar-refractivity contribution in [2.75, 3.05) is 18.8 Å². The highest BCUT2D eigenvalue weighted by atomic mass is 32.2. The number of hydrazone groups is 1. The van der Waals surface area contributed by atoms with E-state index in [1.807, 2.05) is 13.1 Å². The molecule has 1 aliphatic heterocycles. The van der Waals surface area contributed by atoms with E-state index in [-0.39, 0.29) is 10.3 Å². The number of anilines is 1. The molecule has 1 aliphatic rings. The second kappa shape index (κ2) is 5.96. The van der Waals surface area contributed by atoms with Gasteiger partial charge in [0.2, 0.25) is 0 Å². The Kier molecular flexibility index (Phi) is 4.41. The molecule has 0 bridgehead atoms. The number of nitrogens with two attached hydrogens (primary N) is 1. The molecule has 0 unspecified atom stereocenters. The Balaban J connectivity index is 2.15. The van der Waals surface area contributed by atoms with Crippen LogP contribution in [0.25, 0.3) is 0 Å². The summed E-state index contributed by atoms with van der Waals surface area (Å²) in [5, 5.41) is 7.65. The minimum Gasteiger partial charge on any atom is -0.399 e. The highest BCUT2D eigenvalue weighted by Gasteiger charge is 2.27. The van der Waals surface area contributed by atoms with Gasteiger partial charge in [0.25, 0.3) is 10.0 Å². The molecule has 22 heavy (non-hydrogen) atoms. The summed E-state index contributed by atoms with van der Waals surface area (Å²) >= 11 is 0. The van der Waals surface area contributed by atoms with Gasteiger partial charge in [-0.1, -0.05) is 13.8 Å². The van der Waals surface area contributed by atoms with E-state index in [1.165, 1.54) is 30.6 Å². The van der Waals surface area contributed by atoms with Crippen LogP contribution in [0.5, 0.6) is 0 Å². The first kappa shape index (κ1) is 16.3. The third-order valence-corrected chi connectivity index (χ3v) is 4.45. The summed E-state index contributed by atoms with van der Waals surface area (Å²) in [6.07, 6.45) is 3.14. The lowest BCUT2D eigenvalue weighted by Crippen LogP contribution is -2.39. The van der Waals surface area contributed by atoms with E-state index in [4.69, 9.17) is 5.73 Å². The Hall–Kier alpha value is -2.09. The number of hydrazine groups is 1. The van der Waals surface area contributed by atoms with Crippen molar-refractivity contribution in [3.05, 3.63) is 24.3 Å². The van der Waals surface area contributed by atoms with Crippen LogP contribution < -0.4 is 5.73 Å². The fraction of sp³-hybridized carbons (Fsp3) is 0.429. The fourth-order valence-electron chi connectivity index (χ4n) is 1.95. The van der Waals surface area contributed by atoms with Crippen molar-refractivity contribution in [2.45, 2.75) is 25.7 Å². The second-order valence-corrected chi connectivity index (χ2v) is 7.42. The first-order chi connectivity index (χ1) is 10.2. The summed E-state index contributed by atoms with van der Waals surface area (Å²) in [7, 11) is -3.75. The molecule has 2 rings (SSSR count). The number of sulfonamides is 1. The standard InChI is InChI=1S/C14H21N5O2S/c1-4-18(19-10-14(2,3)9-16-19)11-17-22(20,21)13-7-5-12(15)6-8-13/h5-9,11H,4,10,15H2,1-3H3. The van der Waals surface area contributed by atoms with Crippen molar-refractivity contribution in [2.24, 2.45) is 14.9 Å². The van der Waals surface area contributed by atoms with Gasteiger partial charge in [0.1, 0.15) is 6.34 Å². The minimum atomic E-state index is -3.75. The first-order valence-corrected chi connectivity index (χ1v) is 8.43. The molecule has 0 atom stereocenters. The average molecular weight is 323 g/mol. The van der Waals surface area contributed by atoms with E-state index in [1.54, 1.807) is 10.1 Å². The Labute approximate surface area is 131 Å². The van der Waals surface area contributed by atoms with Crippen LogP contribution in [0.1, 0.15) is 20.8 Å². The quantitative estimate of drug-likeness (QED) is 0.504. The average Bonchev–Trinajstić information content (AvgIpc) is 2.80. The fourth-order valence-corrected chi connectivity index (χ4v) is 2.78. The van der Waals surface area contributed by atoms with Gasteiger partial charge in [-0.05, 0) is 31.2 Å². The SMILES string of the molecule is CCN(C=NS(=O)(=O)c1ccc(N)cc1)N1CC(C)(C)C=N1. The van der Waals surface area contributed by atoms with E-state index >= 15 is 0 Å². The van der Waals surface area contributed by atoms with Gasteiger partial charge >= 0.3 is 0 Å². The molecule has 0 aliphatic carbocycles. The molecule has 0 spiro atoms. The van der Waals surface area contributed by atoms with E-state index < -0.39 is 10.0 Å². The molecule has 120 valence electrons. The number of hydrogen-bond donors (Lipinski definition) is 1. The summed E-state index contributed by atoms with van der Waals surface area (Å²) in [4.78, 5) is 0.110. The molecule has 0 aromatic heterocycles. The summed E-state index contributed by atoms with van der Waals surface area (Å²) in [5.41, 5.74) is 6.02. The predicted octanol–water partition coefficient (Wildman–Crippen LogP) is 1.55. The molecule has 1 heterocycles. The highest BCUT2D eigenvalue weighted by Crippen LogP contribution is 2.21. The molecule has 0 fully saturated rings. The molecule has 0 saturated carbocycles. The predicted molar refractivity (Wildman–Crippen MR) is 87.9 cm³/mol. The van der Waals surface area contributed by atoms with Crippen LogP contribution in [-0.4, -0.2) is 44.2 Å². The minimum absolute atomic E-state index is 0.0446. The van der Waals surface area contributed by atoms with Gasteiger partial charge in [-0.15, -0.1) is 4.40 Å². The zero-order valence-corrected chi connectivity index (χ0v) is 13.8. The van der Waals surface area contributed by atoms with Crippen molar-refractivity contribution in [1.29, 1.82) is 0 Å². The maximum absolute atomic E-state index is 12.2. The Morgan fingerprint density at radius 2 is 2.05 bits per heavy atom. The zero-order chi connectivity index (χ0) is 16.4. The van der Waals surface area contributed by atoms with Crippen molar-refractivity contribution < 1.29 is 8.42 Å². The first-order valence-electron chi connectivity index (χ1n) is 6.99. The van der Waals surface area contributed by atoms with Crippen LogP contribution in [0.4, 0.5) is 5.69 Å². The molecule has 0 radical (unpaired) electrons. The van der Waals surface area contributed by atoms with Crippen molar-refractivity contribution in [3.63, 3.8) is 0 Å². The van der Waals surface area contributed by atoms with Crippen LogP contribution in [0, 0.1) is 5.41 Å². The lowest BCUT2D eigenvalue weighted by Gasteiger charge is -2.28. The van der Waals surface area contributed by atoms with Crippen LogP contribution in [0.3, 0.4) is 0 Å². The molecule has 0 amide bonds. The lowest BCUT2D eigenvalue weighted by atomic mass is 9.97. The summed E-state index contributed by atoms with van der Waals surface area (Å²) in [5.74, 6) is 0. The van der Waals surface area contributed by atoms with E-state index in [2.05, 4.69) is 23.3 Å². The molecule has 0 saturated heterocycles. The van der Waals surface area contributed by atoms with Gasteiger partial charge in [-0.2, -0.15) is 13.5 Å². The molecule has 2 N–H and O–H groups in total. The van der Waals surface area contributed by atoms with Gasteiger partial charge in [0.05, 0.1) is 11.4 Å². The number of benzene rings is 1. The third kappa shape index (κ3) is 3.76. The highest BCUT2D eigenvalue weighted by molar-refractivity contribution is 7.90. The van der Waals surface area contributed by atoms with Crippen molar-refractivity contribution in [1.82, 2.24) is 10.1 Å². The van der Waals surface area contributed by atoms with E-state index in [0.29, 0.717) is 18.8 Å². The largest absolute Gasteiger partial charge is 0.399 e. The van der Waals surface area contributed by atoms with Crippen LogP contribution in [0.2, 0.25) is 0 Å². The Morgan fingerprint density at radius 1 is 1.41 bits per heavy atom. The van der Waals surface area contributed by atoms with Crippen LogP contribution >= 0.6 is 0 Å². The number of hydrogen-bond acceptors (Lipinski definition) is 5. The summed E-state index contributed by atoms with van der Waals surface area (Å²) in [6, 6.07) is 5.95. The monoisotopic (exact) mass is 323 g/mol. The molecule has 8 heteroatoms. The lowest BCUT2D eigenvalue weighted by molar-refractivity contribution is 0.0545. The summed E-state index contributed by atoms with van der Waals surface area (Å²) in [6.45, 7) is 7.27. The number of nitrogens with zero attached hydrogens (tertiary/aromatic N) is 4. The maximum atomic E-state index is 12.2. The van der Waals surface area contributed by atoms with E-state index in [0.717, 1.165) is 0 Å². The Bertz CT molecular complexity index is 680. The Morgan fingerprint density at radius 3 is 2.55 bits per heavy atom. The molecular formula is C14H21N5O2S. The van der Waals surface area contributed by atoms with Gasteiger partial charge in [-0.3, -0.25) is 5.01 Å².